The molecule has 1 atom stereocenters. The van der Waals surface area contributed by atoms with Crippen molar-refractivity contribution in [1.82, 2.24) is 9.66 Å². The Hall–Kier alpha value is -4.15. The number of para-hydroxylation sites is 1. The van der Waals surface area contributed by atoms with Crippen LogP contribution in [0.1, 0.15) is 19.4 Å². The van der Waals surface area contributed by atoms with Crippen molar-refractivity contribution in [1.29, 1.82) is 0 Å². The number of hydrogen-bond acceptors (Lipinski definition) is 7. The van der Waals surface area contributed by atoms with E-state index in [1.54, 1.807) is 43.3 Å². The number of aromatic nitrogens is 2. The maximum Gasteiger partial charge on any atom is 0.344 e. The van der Waals surface area contributed by atoms with Crippen molar-refractivity contribution < 1.29 is 23.8 Å². The van der Waals surface area contributed by atoms with E-state index in [2.05, 4.69) is 26.0 Å². The zero-order chi connectivity index (χ0) is 27.7. The van der Waals surface area contributed by atoms with Crippen LogP contribution in [-0.2, 0) is 4.79 Å². The number of aliphatic carboxylic acids is 1. The quantitative estimate of drug-likeness (QED) is 0.203. The van der Waals surface area contributed by atoms with E-state index in [0.29, 0.717) is 27.8 Å². The van der Waals surface area contributed by atoms with Crippen molar-refractivity contribution in [3.8, 4) is 23.1 Å². The van der Waals surface area contributed by atoms with Crippen LogP contribution in [0.3, 0.4) is 0 Å². The van der Waals surface area contributed by atoms with Crippen LogP contribution in [-0.4, -0.2) is 39.7 Å². The number of carboxylic acid groups (broad SMARTS) is 1. The molecular weight excluding hydrogens is 590 g/mol. The summed E-state index contributed by atoms with van der Waals surface area (Å²) in [5, 5.41) is 15.0. The molecule has 0 aliphatic carbocycles. The third-order valence-corrected chi connectivity index (χ3v) is 6.52. The van der Waals surface area contributed by atoms with E-state index < -0.39 is 12.1 Å². The smallest absolute Gasteiger partial charge is 0.344 e. The van der Waals surface area contributed by atoms with Gasteiger partial charge < -0.3 is 19.0 Å². The fourth-order valence-corrected chi connectivity index (χ4v) is 4.55. The highest BCUT2D eigenvalue weighted by Crippen LogP contribution is 2.37. The molecule has 1 N–H and O–H groups in total. The summed E-state index contributed by atoms with van der Waals surface area (Å²) in [5.74, 6) is -0.222. The number of furan rings is 1. The summed E-state index contributed by atoms with van der Waals surface area (Å²) >= 11 is 9.90. The Morgan fingerprint density at radius 2 is 2.03 bits per heavy atom. The van der Waals surface area contributed by atoms with E-state index in [9.17, 15) is 14.7 Å². The Kier molecular flexibility index (Phi) is 7.40. The second-order valence-corrected chi connectivity index (χ2v) is 9.79. The summed E-state index contributed by atoms with van der Waals surface area (Å²) in [5.41, 5.74) is 1.23. The number of rotatable bonds is 8. The highest BCUT2D eigenvalue weighted by Gasteiger charge is 2.20. The van der Waals surface area contributed by atoms with Gasteiger partial charge >= 0.3 is 5.97 Å². The predicted octanol–water partition coefficient (Wildman–Crippen LogP) is 6.36. The molecule has 2 heterocycles. The zero-order valence-electron chi connectivity index (χ0n) is 20.7. The monoisotopic (exact) mass is 609 g/mol. The summed E-state index contributed by atoms with van der Waals surface area (Å²) in [7, 11) is 0. The van der Waals surface area contributed by atoms with Crippen LogP contribution in [0, 0.1) is 0 Å². The first-order chi connectivity index (χ1) is 18.7. The van der Waals surface area contributed by atoms with Crippen LogP contribution in [0.2, 0.25) is 5.02 Å². The van der Waals surface area contributed by atoms with Crippen LogP contribution in [0.5, 0.6) is 11.5 Å². The standard InChI is InChI=1S/C28H21BrClN3O6/c1-3-37-23-11-16(10-20(30)25(23)38-15(2)28(35)36)14-31-33-26(32-21-7-5-4-6-19(21)27(33)34)24-13-17-12-18(29)8-9-22(17)39-24/h4-15H,3H2,1-2H3,(H,35,36)/t15-/m0/s1. The van der Waals surface area contributed by atoms with Gasteiger partial charge in [-0.15, -0.1) is 0 Å². The minimum Gasteiger partial charge on any atom is -0.490 e. The van der Waals surface area contributed by atoms with Gasteiger partial charge in [0.25, 0.3) is 5.56 Å². The molecule has 3 aromatic carbocycles. The highest BCUT2D eigenvalue weighted by molar-refractivity contribution is 9.10. The maximum atomic E-state index is 13.5. The van der Waals surface area contributed by atoms with E-state index in [1.807, 2.05) is 18.2 Å². The Labute approximate surface area is 235 Å². The first kappa shape index (κ1) is 26.5. The molecular formula is C28H21BrClN3O6. The van der Waals surface area contributed by atoms with Gasteiger partial charge in [-0.3, -0.25) is 4.79 Å². The first-order valence-electron chi connectivity index (χ1n) is 11.9. The van der Waals surface area contributed by atoms with Crippen molar-refractivity contribution in [2.75, 3.05) is 6.61 Å². The van der Waals surface area contributed by atoms with E-state index in [4.69, 9.17) is 25.5 Å². The third kappa shape index (κ3) is 5.39. The van der Waals surface area contributed by atoms with Crippen LogP contribution < -0.4 is 15.0 Å². The van der Waals surface area contributed by atoms with Gasteiger partial charge in [0, 0.05) is 9.86 Å². The molecule has 5 aromatic rings. The van der Waals surface area contributed by atoms with Crippen molar-refractivity contribution in [3.05, 3.63) is 86.1 Å². The Morgan fingerprint density at radius 3 is 2.79 bits per heavy atom. The molecule has 0 saturated carbocycles. The second-order valence-electron chi connectivity index (χ2n) is 8.47. The van der Waals surface area contributed by atoms with Crippen molar-refractivity contribution >= 4 is 61.6 Å². The number of halogens is 2. The fraction of sp³-hybridized carbons (Fsp3) is 0.143. The average molecular weight is 611 g/mol. The molecule has 5 rings (SSSR count). The van der Waals surface area contributed by atoms with Crippen molar-refractivity contribution in [2.45, 2.75) is 20.0 Å². The molecule has 39 heavy (non-hydrogen) atoms. The Balaban J connectivity index is 1.63. The van der Waals surface area contributed by atoms with Gasteiger partial charge in [0.15, 0.2) is 23.4 Å². The van der Waals surface area contributed by atoms with Crippen LogP contribution in [0.4, 0.5) is 0 Å². The SMILES string of the molecule is CCOc1cc(C=Nn2c(-c3cc4cc(Br)ccc4o3)nc3ccccc3c2=O)cc(Cl)c1O[C@@H](C)C(=O)O. The Morgan fingerprint density at radius 1 is 1.23 bits per heavy atom. The largest absolute Gasteiger partial charge is 0.490 e. The summed E-state index contributed by atoms with van der Waals surface area (Å²) < 4.78 is 19.2. The number of carboxylic acids is 1. The van der Waals surface area contributed by atoms with Crippen molar-refractivity contribution in [2.24, 2.45) is 5.10 Å². The number of hydrogen-bond donors (Lipinski definition) is 1. The number of nitrogens with zero attached hydrogens (tertiary/aromatic N) is 3. The molecule has 0 fully saturated rings. The highest BCUT2D eigenvalue weighted by atomic mass is 79.9. The van der Waals surface area contributed by atoms with Crippen LogP contribution >= 0.6 is 27.5 Å². The molecule has 0 aliphatic rings. The summed E-state index contributed by atoms with van der Waals surface area (Å²) in [4.78, 5) is 29.5. The Bertz CT molecular complexity index is 1810. The van der Waals surface area contributed by atoms with E-state index in [1.165, 1.54) is 23.9 Å². The molecule has 2 aromatic heterocycles. The van der Waals surface area contributed by atoms with Crippen LogP contribution in [0.25, 0.3) is 33.5 Å². The predicted molar refractivity (Wildman–Crippen MR) is 152 cm³/mol. The molecule has 11 heteroatoms. The summed E-state index contributed by atoms with van der Waals surface area (Å²) in [6.07, 6.45) is 0.287. The van der Waals surface area contributed by atoms with Gasteiger partial charge in [0.05, 0.1) is 28.7 Å². The van der Waals surface area contributed by atoms with Crippen molar-refractivity contribution in [3.63, 3.8) is 0 Å². The van der Waals surface area contributed by atoms with Gasteiger partial charge in [0.2, 0.25) is 5.82 Å². The molecule has 0 radical (unpaired) electrons. The van der Waals surface area contributed by atoms with E-state index in [-0.39, 0.29) is 34.5 Å². The topological polar surface area (TPSA) is 116 Å². The lowest BCUT2D eigenvalue weighted by molar-refractivity contribution is -0.144. The van der Waals surface area contributed by atoms with Gasteiger partial charge in [-0.2, -0.15) is 9.78 Å². The van der Waals surface area contributed by atoms with Gasteiger partial charge in [-0.1, -0.05) is 39.7 Å². The maximum absolute atomic E-state index is 13.5. The molecule has 0 spiro atoms. The second kappa shape index (κ2) is 10.9. The lowest BCUT2D eigenvalue weighted by atomic mass is 10.2. The molecule has 0 unspecified atom stereocenters. The number of carbonyl (C=O) groups is 1. The molecule has 0 saturated heterocycles. The average Bonchev–Trinajstić information content (AvgIpc) is 3.33. The molecule has 0 bridgehead atoms. The van der Waals surface area contributed by atoms with E-state index >= 15 is 0 Å². The van der Waals surface area contributed by atoms with Gasteiger partial charge in [-0.05, 0) is 67.9 Å². The normalized spacial score (nSPS) is 12.3. The molecule has 9 nitrogen and oxygen atoms in total. The molecule has 0 aliphatic heterocycles. The summed E-state index contributed by atoms with van der Waals surface area (Å²) in [6, 6.07) is 17.5. The molecule has 198 valence electrons. The minimum absolute atomic E-state index is 0.101. The number of ether oxygens (including phenoxy) is 2. The molecule has 0 amide bonds. The first-order valence-corrected chi connectivity index (χ1v) is 13.0. The van der Waals surface area contributed by atoms with Gasteiger partial charge in [0.1, 0.15) is 5.58 Å². The third-order valence-electron chi connectivity index (χ3n) is 5.75. The lowest BCUT2D eigenvalue weighted by Crippen LogP contribution is -2.23. The van der Waals surface area contributed by atoms with Gasteiger partial charge in [-0.25, -0.2) is 9.78 Å². The minimum atomic E-state index is -1.15. The lowest BCUT2D eigenvalue weighted by Gasteiger charge is -2.16. The fourth-order valence-electron chi connectivity index (χ4n) is 3.91. The summed E-state index contributed by atoms with van der Waals surface area (Å²) in [6.45, 7) is 3.45. The number of fused-ring (bicyclic) bond motifs is 2. The number of benzene rings is 3. The van der Waals surface area contributed by atoms with E-state index in [0.717, 1.165) is 9.86 Å². The zero-order valence-corrected chi connectivity index (χ0v) is 23.1. The van der Waals surface area contributed by atoms with Crippen LogP contribution in [0.15, 0.2) is 79.4 Å².